The van der Waals surface area contributed by atoms with Gasteiger partial charge in [-0.3, -0.25) is 4.79 Å². The van der Waals surface area contributed by atoms with Crippen LogP contribution in [0.5, 0.6) is 0 Å². The predicted molar refractivity (Wildman–Crippen MR) is 63.5 cm³/mol. The van der Waals surface area contributed by atoms with Crippen molar-refractivity contribution >= 4 is 29.3 Å². The molecule has 0 bridgehead atoms. The summed E-state index contributed by atoms with van der Waals surface area (Å²) < 4.78 is 0. The Hall–Kier alpha value is -1.82. The summed E-state index contributed by atoms with van der Waals surface area (Å²) in [6.07, 6.45) is 0. The lowest BCUT2D eigenvalue weighted by atomic mass is 10.3. The van der Waals surface area contributed by atoms with Gasteiger partial charge in [-0.15, -0.1) is 0 Å². The minimum atomic E-state index is -1.20. The summed E-state index contributed by atoms with van der Waals surface area (Å²) in [4.78, 5) is 27.4. The molecule has 0 aliphatic rings. The first-order chi connectivity index (χ1) is 7.95. The number of nitrogens with one attached hydrogen (secondary N) is 1. The number of anilines is 1. The zero-order valence-electron chi connectivity index (χ0n) is 9.40. The van der Waals surface area contributed by atoms with E-state index in [-0.39, 0.29) is 23.2 Å². The lowest BCUT2D eigenvalue weighted by molar-refractivity contribution is -0.119. The van der Waals surface area contributed by atoms with E-state index in [2.05, 4.69) is 10.3 Å². The van der Waals surface area contributed by atoms with Gasteiger partial charge < -0.3 is 15.3 Å². The quantitative estimate of drug-likeness (QED) is 0.826. The van der Waals surface area contributed by atoms with E-state index in [4.69, 9.17) is 16.7 Å². The summed E-state index contributed by atoms with van der Waals surface area (Å²) in [5.41, 5.74) is -0.229. The molecule has 0 aliphatic heterocycles. The molecule has 1 amide bonds. The molecular weight excluding hydrogens is 246 g/mol. The van der Waals surface area contributed by atoms with Crippen molar-refractivity contribution in [3.05, 3.63) is 22.8 Å². The van der Waals surface area contributed by atoms with Crippen LogP contribution in [0.3, 0.4) is 0 Å². The van der Waals surface area contributed by atoms with Gasteiger partial charge in [0.25, 0.3) is 0 Å². The van der Waals surface area contributed by atoms with Crippen molar-refractivity contribution in [2.45, 2.75) is 0 Å². The molecule has 7 heteroatoms. The standard InChI is InChI=1S/C10H12ClN3O3/c1-12-8(15)5-14(2)7-4-3-6(11)9(13-7)10(16)17/h3-4H,5H2,1-2H3,(H,12,15)(H,16,17). The SMILES string of the molecule is CNC(=O)CN(C)c1ccc(Cl)c(C(=O)O)n1. The van der Waals surface area contributed by atoms with Crippen LogP contribution in [-0.2, 0) is 4.79 Å². The molecule has 0 fully saturated rings. The fourth-order valence-corrected chi connectivity index (χ4v) is 1.36. The number of hydrogen-bond donors (Lipinski definition) is 2. The van der Waals surface area contributed by atoms with Crippen molar-refractivity contribution in [3.63, 3.8) is 0 Å². The van der Waals surface area contributed by atoms with Gasteiger partial charge in [-0.25, -0.2) is 9.78 Å². The Balaban J connectivity index is 2.95. The number of carbonyl (C=O) groups is 2. The van der Waals surface area contributed by atoms with Gasteiger partial charge in [0.2, 0.25) is 5.91 Å². The maximum absolute atomic E-state index is 11.2. The van der Waals surface area contributed by atoms with Crippen LogP contribution in [0.4, 0.5) is 5.82 Å². The van der Waals surface area contributed by atoms with E-state index in [9.17, 15) is 9.59 Å². The first-order valence-corrected chi connectivity index (χ1v) is 5.15. The van der Waals surface area contributed by atoms with E-state index in [1.807, 2.05) is 0 Å². The third-order valence-corrected chi connectivity index (χ3v) is 2.39. The fraction of sp³-hybridized carbons (Fsp3) is 0.300. The number of aromatic carboxylic acids is 1. The number of aromatic nitrogens is 1. The number of carboxylic acids is 1. The van der Waals surface area contributed by atoms with Gasteiger partial charge in [0.1, 0.15) is 5.82 Å². The largest absolute Gasteiger partial charge is 0.476 e. The number of carbonyl (C=O) groups excluding carboxylic acids is 1. The summed E-state index contributed by atoms with van der Waals surface area (Å²) >= 11 is 5.69. The average molecular weight is 258 g/mol. The minimum absolute atomic E-state index is 0.0644. The minimum Gasteiger partial charge on any atom is -0.476 e. The summed E-state index contributed by atoms with van der Waals surface area (Å²) in [5, 5.41) is 11.4. The van der Waals surface area contributed by atoms with Gasteiger partial charge in [-0.2, -0.15) is 0 Å². The average Bonchev–Trinajstić information content (AvgIpc) is 2.28. The number of likely N-dealkylation sites (N-methyl/N-ethyl adjacent to an activating group) is 2. The number of rotatable bonds is 4. The fourth-order valence-electron chi connectivity index (χ4n) is 1.17. The molecule has 0 unspecified atom stereocenters. The van der Waals surface area contributed by atoms with Gasteiger partial charge in [0.15, 0.2) is 5.69 Å². The summed E-state index contributed by atoms with van der Waals surface area (Å²) in [5.74, 6) is -1.03. The van der Waals surface area contributed by atoms with Crippen LogP contribution in [0.25, 0.3) is 0 Å². The molecule has 2 N–H and O–H groups in total. The predicted octanol–water partition coefficient (Wildman–Crippen LogP) is 0.615. The molecule has 6 nitrogen and oxygen atoms in total. The Kier molecular flexibility index (Phi) is 4.28. The highest BCUT2D eigenvalue weighted by molar-refractivity contribution is 6.33. The van der Waals surface area contributed by atoms with Gasteiger partial charge >= 0.3 is 5.97 Å². The Bertz CT molecular complexity index is 450. The highest BCUT2D eigenvalue weighted by Crippen LogP contribution is 2.18. The van der Waals surface area contributed by atoms with E-state index in [0.717, 1.165) is 0 Å². The van der Waals surface area contributed by atoms with E-state index < -0.39 is 5.97 Å². The Labute approximate surface area is 103 Å². The maximum atomic E-state index is 11.2. The van der Waals surface area contributed by atoms with Crippen molar-refractivity contribution < 1.29 is 14.7 Å². The normalized spacial score (nSPS) is 9.82. The second-order valence-electron chi connectivity index (χ2n) is 3.33. The zero-order chi connectivity index (χ0) is 13.0. The number of halogens is 1. The third-order valence-electron chi connectivity index (χ3n) is 2.08. The van der Waals surface area contributed by atoms with Crippen molar-refractivity contribution in [1.29, 1.82) is 0 Å². The van der Waals surface area contributed by atoms with Crippen LogP contribution in [-0.4, -0.2) is 42.6 Å². The van der Waals surface area contributed by atoms with Crippen LogP contribution >= 0.6 is 11.6 Å². The Morgan fingerprint density at radius 3 is 2.71 bits per heavy atom. The molecule has 92 valence electrons. The van der Waals surface area contributed by atoms with Crippen molar-refractivity contribution in [2.24, 2.45) is 0 Å². The van der Waals surface area contributed by atoms with Crippen molar-refractivity contribution in [1.82, 2.24) is 10.3 Å². The smallest absolute Gasteiger partial charge is 0.356 e. The first-order valence-electron chi connectivity index (χ1n) is 4.77. The van der Waals surface area contributed by atoms with Crippen LogP contribution in [0.1, 0.15) is 10.5 Å². The molecule has 0 saturated carbocycles. The number of pyridine rings is 1. The monoisotopic (exact) mass is 257 g/mol. The molecular formula is C10H12ClN3O3. The highest BCUT2D eigenvalue weighted by Gasteiger charge is 2.14. The molecule has 0 aromatic carbocycles. The third kappa shape index (κ3) is 3.32. The highest BCUT2D eigenvalue weighted by atomic mass is 35.5. The van der Waals surface area contributed by atoms with Crippen molar-refractivity contribution in [3.8, 4) is 0 Å². The van der Waals surface area contributed by atoms with Gasteiger partial charge in [-0.1, -0.05) is 11.6 Å². The molecule has 0 spiro atoms. The molecule has 0 atom stereocenters. The second-order valence-corrected chi connectivity index (χ2v) is 3.74. The lowest BCUT2D eigenvalue weighted by Crippen LogP contribution is -2.33. The molecule has 1 rings (SSSR count). The molecule has 17 heavy (non-hydrogen) atoms. The number of amides is 1. The molecule has 0 aliphatic carbocycles. The van der Waals surface area contributed by atoms with E-state index in [1.54, 1.807) is 13.1 Å². The topological polar surface area (TPSA) is 82.5 Å². The number of hydrogen-bond acceptors (Lipinski definition) is 4. The Morgan fingerprint density at radius 2 is 2.18 bits per heavy atom. The van der Waals surface area contributed by atoms with E-state index in [1.165, 1.54) is 18.0 Å². The Morgan fingerprint density at radius 1 is 1.53 bits per heavy atom. The zero-order valence-corrected chi connectivity index (χ0v) is 10.2. The lowest BCUT2D eigenvalue weighted by Gasteiger charge is -2.17. The first kappa shape index (κ1) is 13.2. The van der Waals surface area contributed by atoms with Crippen LogP contribution in [0, 0.1) is 0 Å². The van der Waals surface area contributed by atoms with Gasteiger partial charge in [-0.05, 0) is 12.1 Å². The second kappa shape index (κ2) is 5.49. The van der Waals surface area contributed by atoms with Gasteiger partial charge in [0, 0.05) is 14.1 Å². The van der Waals surface area contributed by atoms with Gasteiger partial charge in [0.05, 0.1) is 11.6 Å². The van der Waals surface area contributed by atoms with Crippen molar-refractivity contribution in [2.75, 3.05) is 25.5 Å². The number of nitrogens with zero attached hydrogens (tertiary/aromatic N) is 2. The summed E-state index contributed by atoms with van der Waals surface area (Å²) in [7, 11) is 3.16. The molecule has 0 radical (unpaired) electrons. The molecule has 1 heterocycles. The van der Waals surface area contributed by atoms with Crippen LogP contribution < -0.4 is 10.2 Å². The molecule has 1 aromatic rings. The van der Waals surface area contributed by atoms with Crippen LogP contribution in [0.2, 0.25) is 5.02 Å². The number of carboxylic acid groups (broad SMARTS) is 1. The molecule has 1 aromatic heterocycles. The van der Waals surface area contributed by atoms with Crippen LogP contribution in [0.15, 0.2) is 12.1 Å². The maximum Gasteiger partial charge on any atom is 0.356 e. The van der Waals surface area contributed by atoms with E-state index in [0.29, 0.717) is 5.82 Å². The summed E-state index contributed by atoms with van der Waals surface area (Å²) in [6.45, 7) is 0.0875. The molecule has 0 saturated heterocycles. The van der Waals surface area contributed by atoms with E-state index >= 15 is 0 Å². The summed E-state index contributed by atoms with van der Waals surface area (Å²) in [6, 6.07) is 2.99.